The van der Waals surface area contributed by atoms with Gasteiger partial charge >= 0.3 is 5.97 Å². The molecule has 0 aromatic heterocycles. The van der Waals surface area contributed by atoms with E-state index in [9.17, 15) is 4.79 Å². The van der Waals surface area contributed by atoms with Crippen LogP contribution in [-0.2, 0) is 4.79 Å². The maximum absolute atomic E-state index is 10.3. The highest BCUT2D eigenvalue weighted by Crippen LogP contribution is 1.79. The molecular weight excluding hydrogens is 96.1 g/mol. The van der Waals surface area contributed by atoms with E-state index in [4.69, 9.17) is 14.3 Å². The molecule has 0 aliphatic rings. The molecule has 3 heteroatoms. The maximum Gasteiger partial charge on any atom is 0.303 e. The quantitative estimate of drug-likeness (QED) is 0.486. The molecule has 0 saturated carbocycles. The molecule has 1 N–H and O–H groups in total. The third-order valence-corrected chi connectivity index (χ3v) is 0.294. The largest absolute Gasteiger partial charge is 0.481 e. The highest BCUT2D eigenvalue weighted by atomic mass is 28.1. The minimum absolute atomic E-state index is 2.10. The highest BCUT2D eigenvalue weighted by Gasteiger charge is 1.87. The van der Waals surface area contributed by atoms with Gasteiger partial charge in [-0.2, -0.15) is 0 Å². The number of hydrogen-bond acceptors (Lipinski definition) is 1. The SMILES string of the molecule is [2H]C([2H])(C(=O)O)C([2H])([2H])[Si]([2H])([2H])[2H]. The molecule has 0 aromatic rings. The van der Waals surface area contributed by atoms with Crippen LogP contribution in [0.3, 0.4) is 0 Å². The van der Waals surface area contributed by atoms with Gasteiger partial charge in [0.1, 0.15) is 0 Å². The second kappa shape index (κ2) is 2.90. The Hall–Kier alpha value is -0.313. The van der Waals surface area contributed by atoms with Crippen LogP contribution < -0.4 is 0 Å². The molecule has 0 aliphatic heterocycles. The number of hydrogen-bond donors (Lipinski definition) is 1. The average molecular weight is 111 g/mol. The molecule has 0 fully saturated rings. The predicted molar refractivity (Wildman–Crippen MR) is 27.0 cm³/mol. The fourth-order valence-electron chi connectivity index (χ4n) is 0.0535. The van der Waals surface area contributed by atoms with Crippen LogP contribution >= 0.6 is 0 Å². The van der Waals surface area contributed by atoms with Gasteiger partial charge in [0.2, 0.25) is 0 Å². The molecule has 0 rings (SSSR count). The lowest BCUT2D eigenvalue weighted by atomic mass is 10.5. The Morgan fingerprint density at radius 3 is 3.17 bits per heavy atom. The fraction of sp³-hybridized carbons (Fsp3) is 0.667. The Bertz CT molecular complexity index is 220. The monoisotopic (exact) mass is 111 g/mol. The van der Waals surface area contributed by atoms with E-state index >= 15 is 0 Å². The van der Waals surface area contributed by atoms with Crippen molar-refractivity contribution in [1.29, 1.82) is 3.70 Å². The fourth-order valence-corrected chi connectivity index (χ4v) is 0.160. The van der Waals surface area contributed by atoms with Crippen molar-refractivity contribution in [2.24, 2.45) is 0 Å². The van der Waals surface area contributed by atoms with E-state index in [1.54, 1.807) is 0 Å². The van der Waals surface area contributed by atoms with Gasteiger partial charge in [0, 0.05) is 25.6 Å². The summed E-state index contributed by atoms with van der Waals surface area (Å²) < 4.78 is 47.8. The van der Waals surface area contributed by atoms with E-state index in [2.05, 4.69) is 0 Å². The van der Waals surface area contributed by atoms with Crippen molar-refractivity contribution in [3.8, 4) is 0 Å². The molecule has 0 atom stereocenters. The van der Waals surface area contributed by atoms with E-state index in [1.807, 2.05) is 0 Å². The molecule has 0 saturated heterocycles. The Kier molecular flexibility index (Phi) is 0.442. The van der Waals surface area contributed by atoms with E-state index in [0.717, 1.165) is 0 Å². The van der Waals surface area contributed by atoms with Crippen molar-refractivity contribution in [3.05, 3.63) is 0 Å². The van der Waals surface area contributed by atoms with Gasteiger partial charge in [-0.15, -0.1) is 0 Å². The molecule has 0 spiro atoms. The molecular formula is C3H8O2Si. The Labute approximate surface area is 48.9 Å². The van der Waals surface area contributed by atoms with Gasteiger partial charge in [-0.1, -0.05) is 6.00 Å². The zero-order valence-corrected chi connectivity index (χ0v) is 3.86. The highest BCUT2D eigenvalue weighted by molar-refractivity contribution is 6.09. The normalized spacial score (nSPS) is 32.3. The maximum atomic E-state index is 10.3. The van der Waals surface area contributed by atoms with Crippen LogP contribution in [0.15, 0.2) is 0 Å². The molecule has 0 amide bonds. The van der Waals surface area contributed by atoms with E-state index in [-0.39, 0.29) is 0 Å². The van der Waals surface area contributed by atoms with Gasteiger partial charge in [-0.25, -0.2) is 0 Å². The zero-order valence-electron chi connectivity index (χ0n) is 9.86. The lowest BCUT2D eigenvalue weighted by molar-refractivity contribution is -0.136. The van der Waals surface area contributed by atoms with E-state index in [0.29, 0.717) is 0 Å². The zero-order chi connectivity index (χ0) is 11.1. The topological polar surface area (TPSA) is 37.3 Å². The number of carboxylic acid groups (broad SMARTS) is 1. The van der Waals surface area contributed by atoms with Crippen molar-refractivity contribution < 1.29 is 15.4 Å². The first kappa shape index (κ1) is 0.915. The average Bonchev–Trinajstić information content (AvgIpc) is 1.84. The summed E-state index contributed by atoms with van der Waals surface area (Å²) in [5.74, 6) is -5.37. The Morgan fingerprint density at radius 1 is 2.33 bits per heavy atom. The predicted octanol–water partition coefficient (Wildman–Crippen LogP) is -0.755. The summed E-state index contributed by atoms with van der Waals surface area (Å²) in [5, 5.41) is 8.30. The summed E-state index contributed by atoms with van der Waals surface area (Å²) >= 11 is 0. The minimum atomic E-state index is -4.76. The third-order valence-electron chi connectivity index (χ3n) is 0.169. The first-order valence-corrected chi connectivity index (χ1v) is 1.68. The van der Waals surface area contributed by atoms with Crippen LogP contribution in [0.25, 0.3) is 0 Å². The van der Waals surface area contributed by atoms with E-state index in [1.165, 1.54) is 0 Å². The molecule has 2 nitrogen and oxygen atoms in total. The van der Waals surface area contributed by atoms with Crippen molar-refractivity contribution in [1.82, 2.24) is 0 Å². The van der Waals surface area contributed by atoms with Crippen LogP contribution in [0.1, 0.15) is 11.9 Å². The molecule has 36 valence electrons. The molecule has 6 heavy (non-hydrogen) atoms. The lowest BCUT2D eigenvalue weighted by Crippen LogP contribution is -1.91. The van der Waals surface area contributed by atoms with Gasteiger partial charge < -0.3 is 5.11 Å². The summed E-state index contributed by atoms with van der Waals surface area (Å²) in [6.07, 6.45) is -3.37. The van der Waals surface area contributed by atoms with E-state index < -0.39 is 28.4 Å². The first-order chi connectivity index (χ1) is 5.44. The second-order valence-corrected chi connectivity index (χ2v) is 0.805. The summed E-state index contributed by atoms with van der Waals surface area (Å²) in [5.41, 5.74) is 0. The van der Waals surface area contributed by atoms with Crippen LogP contribution in [0.2, 0.25) is 6.00 Å². The molecule has 0 unspecified atom stereocenters. The molecule has 0 bridgehead atoms. The summed E-state index contributed by atoms with van der Waals surface area (Å²) in [6, 6.07) is 0. The van der Waals surface area contributed by atoms with Crippen molar-refractivity contribution in [2.75, 3.05) is 0 Å². The van der Waals surface area contributed by atoms with Gasteiger partial charge in [0.25, 0.3) is 0 Å². The number of carbonyl (C=O) groups is 1. The lowest BCUT2D eigenvalue weighted by Gasteiger charge is -1.79. The summed E-state index contributed by atoms with van der Waals surface area (Å²) in [6.45, 7) is 0. The van der Waals surface area contributed by atoms with Gasteiger partial charge in [0.15, 0.2) is 0 Å². The van der Waals surface area contributed by atoms with Crippen molar-refractivity contribution in [3.63, 3.8) is 0 Å². The third kappa shape index (κ3) is 3.69. The minimum Gasteiger partial charge on any atom is -0.481 e. The van der Waals surface area contributed by atoms with Crippen LogP contribution in [-0.4, -0.2) is 24.8 Å². The Morgan fingerprint density at radius 2 is 3.00 bits per heavy atom. The molecule has 0 radical (unpaired) electrons. The molecule has 0 heterocycles. The van der Waals surface area contributed by atoms with Crippen LogP contribution in [0, 0.1) is 0 Å². The van der Waals surface area contributed by atoms with Gasteiger partial charge in [0.05, 0.1) is 0 Å². The summed E-state index contributed by atoms with van der Waals surface area (Å²) in [4.78, 5) is 10.3. The van der Waals surface area contributed by atoms with Crippen LogP contribution in [0.4, 0.5) is 0 Å². The first-order valence-electron chi connectivity index (χ1n) is 4.68. The number of rotatable bonds is 3. The molecule has 0 aromatic carbocycles. The van der Waals surface area contributed by atoms with Crippen molar-refractivity contribution >= 4 is 16.0 Å². The number of aliphatic carboxylic acids is 1. The summed E-state index contributed by atoms with van der Waals surface area (Å²) in [7, 11) is -4.76. The molecule has 0 aliphatic carbocycles. The number of carboxylic acids is 1. The smallest absolute Gasteiger partial charge is 0.303 e. The Balaban J connectivity index is 5.16. The second-order valence-electron chi connectivity index (χ2n) is 0.555. The standard InChI is InChI=1S/C3H8O2Si/c4-3(5)1-2-6/h1-2H2,6H3,(H,4,5)/i1D2,2D2,6D3. The van der Waals surface area contributed by atoms with Crippen molar-refractivity contribution in [2.45, 2.75) is 12.4 Å². The van der Waals surface area contributed by atoms with Gasteiger partial charge in [-0.05, 0) is 0 Å². The van der Waals surface area contributed by atoms with Gasteiger partial charge in [-0.3, -0.25) is 4.79 Å². The van der Waals surface area contributed by atoms with Crippen LogP contribution in [0.5, 0.6) is 0 Å².